The first-order chi connectivity index (χ1) is 53.7. The van der Waals surface area contributed by atoms with Crippen molar-refractivity contribution in [3.8, 4) is 5.75 Å². The van der Waals surface area contributed by atoms with E-state index in [1.54, 1.807) is 7.11 Å². The fourth-order valence-electron chi connectivity index (χ4n) is 9.12. The van der Waals surface area contributed by atoms with E-state index in [1.165, 1.54) is 69.9 Å². The van der Waals surface area contributed by atoms with Crippen LogP contribution in [0.5, 0.6) is 5.75 Å². The number of ether oxygens (including phenoxy) is 1. The van der Waals surface area contributed by atoms with Crippen molar-refractivity contribution in [1.82, 2.24) is 0 Å². The summed E-state index contributed by atoms with van der Waals surface area (Å²) in [7, 11) is -22.8. The van der Waals surface area contributed by atoms with Crippen molar-refractivity contribution >= 4 is 84.1 Å². The number of methoxy groups -OCH3 is 1. The first-order valence-electron chi connectivity index (χ1n) is 33.1. The first kappa shape index (κ1) is 96.2. The summed E-state index contributed by atoms with van der Waals surface area (Å²) in [6.45, 7) is 8.91. The lowest BCUT2D eigenvalue weighted by molar-refractivity contribution is -0.0522. The van der Waals surface area contributed by atoms with Crippen LogP contribution in [0.1, 0.15) is 31.9 Å². The van der Waals surface area contributed by atoms with Gasteiger partial charge in [-0.3, -0.25) is 0 Å². The molecule has 0 amide bonds. The number of rotatable bonds is 13. The van der Waals surface area contributed by atoms with Gasteiger partial charge in [0.1, 0.15) is 5.75 Å². The van der Waals surface area contributed by atoms with Crippen LogP contribution in [0, 0.1) is 6.92 Å². The van der Waals surface area contributed by atoms with Crippen molar-refractivity contribution in [3.05, 3.63) is 357 Å². The van der Waals surface area contributed by atoms with Crippen LogP contribution in [0.2, 0.25) is 0 Å². The second-order valence-electron chi connectivity index (χ2n) is 23.9. The third-order valence-corrected chi connectivity index (χ3v) is 25.6. The lowest BCUT2D eigenvalue weighted by Gasteiger charge is -2.19. The van der Waals surface area contributed by atoms with Crippen molar-refractivity contribution in [2.24, 2.45) is 0 Å². The van der Waals surface area contributed by atoms with Crippen LogP contribution < -0.4 is 4.74 Å². The number of aryl methyl sites for hydroxylation is 1. The molecule has 0 heterocycles. The zero-order chi connectivity index (χ0) is 85.5. The molecule has 0 saturated carbocycles. The minimum Gasteiger partial charge on any atom is -0.741 e. The number of hydrogen-bond donors (Lipinski definition) is 0. The lowest BCUT2D eigenvalue weighted by atomic mass is 9.87. The van der Waals surface area contributed by atoms with Crippen molar-refractivity contribution < 1.29 is 109 Å². The van der Waals surface area contributed by atoms with Crippen LogP contribution in [-0.4, -0.2) is 81.0 Å². The lowest BCUT2D eigenvalue weighted by Crippen LogP contribution is -2.21. The highest BCUT2D eigenvalue weighted by Crippen LogP contribution is 2.37. The molecule has 0 spiro atoms. The van der Waals surface area contributed by atoms with Crippen LogP contribution in [0.25, 0.3) is 0 Å². The number of hydrogen-bond acceptors (Lipinski definition) is 13. The van der Waals surface area contributed by atoms with E-state index in [1.807, 2.05) is 12.1 Å². The average molecular weight is 1750 g/mol. The summed E-state index contributed by atoms with van der Waals surface area (Å²) < 4.78 is 241. The third-order valence-electron chi connectivity index (χ3n) is 14.5. The topological polar surface area (TPSA) is 238 Å². The van der Waals surface area contributed by atoms with Crippen molar-refractivity contribution in [3.63, 3.8) is 0 Å². The Hall–Kier alpha value is -9.36. The highest BCUT2D eigenvalue weighted by molar-refractivity contribution is 7.98. The molecule has 33 heteroatoms. The molecule has 0 bridgehead atoms. The smallest absolute Gasteiger partial charge is 0.485 e. The zero-order valence-corrected chi connectivity index (χ0v) is 67.5. The largest absolute Gasteiger partial charge is 0.741 e. The molecule has 0 fully saturated rings. The maximum absolute atomic E-state index is 10.7. The Morgan fingerprint density at radius 2 is 0.365 bits per heavy atom. The molecule has 0 unspecified atom stereocenters. The SMILES string of the molecule is CC(C)(C)c1ccc([S+](c2ccccc2)c2ccccc2)cc1.COc1ccc([S+](c2ccccc2)c2ccccc2)cc1.Cc1ccc([S+](c2ccccc2)c2ccccc2)cc1.O=S(=O)([O-])C(F)(F)F.O=S(=O)([O-])C(F)(F)F.O=S(=O)([O-])C(F)(F)F.O=S(=O)([O-])C(F)(F)F.c1ccc([S+](c2ccccc2)c2ccccc2)cc1. The van der Waals surface area contributed by atoms with Gasteiger partial charge >= 0.3 is 22.0 Å². The molecular formula is C82H72F12O13S8. The summed E-state index contributed by atoms with van der Waals surface area (Å²) in [4.78, 5) is 16.2. The monoisotopic (exact) mass is 1750 g/mol. The van der Waals surface area contributed by atoms with Crippen LogP contribution in [-0.2, 0) is 89.5 Å². The van der Waals surface area contributed by atoms with Gasteiger partial charge in [-0.05, 0) is 176 Å². The number of halogens is 12. The number of alkyl halides is 12. The molecule has 0 atom stereocenters. The highest BCUT2D eigenvalue weighted by atomic mass is 32.2. The van der Waals surface area contributed by atoms with E-state index in [-0.39, 0.29) is 49.0 Å². The molecule has 0 aliphatic carbocycles. The summed E-state index contributed by atoms with van der Waals surface area (Å²) in [6.07, 6.45) is 0. The van der Waals surface area contributed by atoms with E-state index in [0.29, 0.717) is 0 Å². The maximum atomic E-state index is 10.7. The van der Waals surface area contributed by atoms with Gasteiger partial charge in [-0.25, -0.2) is 33.7 Å². The molecule has 0 aromatic heterocycles. The van der Waals surface area contributed by atoms with Gasteiger partial charge < -0.3 is 22.9 Å². The standard InChI is InChI=1S/C22H23S.C19H17OS.C19H17S.C18H15S.4CHF3O3S/c1-22(2,3)18-14-16-21(17-15-18)23(19-10-6-4-7-11-19)20-12-8-5-9-13-20;1-20-16-12-14-19(15-13-16)21(17-8-4-2-5-9-17)18-10-6-3-7-11-18;1-16-12-14-19(15-13-16)20(17-8-4-2-5-9-17)18-10-6-3-7-11-18;1-4-10-16(11-5-1)19(17-12-6-2-7-13-17)18-14-8-3-9-15-18;4*2-1(3,4)8(5,6)7/h4-17H,1-3H3;2-15H,1H3;2-15H,1H3;1-15H;4*(H,5,6,7)/q4*+1;;;;/p-4. The second-order valence-corrected chi connectivity index (χ2v) is 37.5. The van der Waals surface area contributed by atoms with Gasteiger partial charge in [0.2, 0.25) is 0 Å². The molecule has 0 saturated heterocycles. The van der Waals surface area contributed by atoms with E-state index in [0.717, 1.165) is 5.75 Å². The molecule has 13 nitrogen and oxygen atoms in total. The zero-order valence-electron chi connectivity index (χ0n) is 61.0. The van der Waals surface area contributed by atoms with Crippen LogP contribution in [0.15, 0.2) is 405 Å². The quantitative estimate of drug-likeness (QED) is 0.0452. The molecule has 0 aliphatic heterocycles. The molecule has 0 aliphatic rings. The van der Waals surface area contributed by atoms with Crippen molar-refractivity contribution in [2.75, 3.05) is 7.11 Å². The van der Waals surface area contributed by atoms with E-state index in [2.05, 4.69) is 361 Å². The summed E-state index contributed by atoms with van der Waals surface area (Å²) in [5, 5.41) is 0. The summed E-state index contributed by atoms with van der Waals surface area (Å²) in [5.74, 6) is 0.892. The first-order valence-corrected chi connectivity index (χ1v) is 43.6. The molecule has 12 rings (SSSR count). The fraction of sp³-hybridized carbons (Fsp3) is 0.122. The van der Waals surface area contributed by atoms with Gasteiger partial charge in [0.25, 0.3) is 0 Å². The van der Waals surface area contributed by atoms with Gasteiger partial charge in [0.15, 0.2) is 99.2 Å². The summed E-state index contributed by atoms with van der Waals surface area (Å²) in [5.41, 5.74) is -19.7. The Morgan fingerprint density at radius 1 is 0.235 bits per heavy atom. The highest BCUT2D eigenvalue weighted by Gasteiger charge is 2.40. The van der Waals surface area contributed by atoms with Gasteiger partial charge in [-0.2, -0.15) is 52.7 Å². The molecule has 12 aromatic rings. The van der Waals surface area contributed by atoms with E-state index in [9.17, 15) is 52.7 Å². The Balaban J connectivity index is 0.000000244. The van der Waals surface area contributed by atoms with Crippen molar-refractivity contribution in [1.29, 1.82) is 0 Å². The fourth-order valence-corrected chi connectivity index (χ4v) is 17.5. The Bertz CT molecular complexity index is 4920. The van der Waals surface area contributed by atoms with Crippen LogP contribution in [0.3, 0.4) is 0 Å². The summed E-state index contributed by atoms with van der Waals surface area (Å²) >= 11 is 0. The normalized spacial score (nSPS) is 11.8. The Kier molecular flexibility index (Phi) is 36.9. The third kappa shape index (κ3) is 32.3. The summed E-state index contributed by atoms with van der Waals surface area (Å²) in [6, 6.07) is 123. The van der Waals surface area contributed by atoms with Gasteiger partial charge in [-0.1, -0.05) is 214 Å². The van der Waals surface area contributed by atoms with E-state index < -0.39 is 62.5 Å². The minimum atomic E-state index is -6.09. The van der Waals surface area contributed by atoms with E-state index >= 15 is 0 Å². The molecular weight excluding hydrogens is 1680 g/mol. The predicted octanol–water partition coefficient (Wildman–Crippen LogP) is 20.9. The Labute approximate surface area is 672 Å². The molecule has 12 aromatic carbocycles. The average Bonchev–Trinajstić information content (AvgIpc) is 0.818. The van der Waals surface area contributed by atoms with Crippen LogP contribution >= 0.6 is 0 Å². The molecule has 115 heavy (non-hydrogen) atoms. The van der Waals surface area contributed by atoms with Crippen LogP contribution in [0.4, 0.5) is 52.7 Å². The molecule has 0 radical (unpaired) electrons. The molecule has 0 N–H and O–H groups in total. The van der Waals surface area contributed by atoms with Crippen molar-refractivity contribution in [2.45, 2.75) is 114 Å². The predicted molar refractivity (Wildman–Crippen MR) is 419 cm³/mol. The van der Waals surface area contributed by atoms with Gasteiger partial charge in [0, 0.05) is 0 Å². The van der Waals surface area contributed by atoms with Gasteiger partial charge in [0.05, 0.1) is 50.7 Å². The number of benzene rings is 12. The second kappa shape index (κ2) is 44.1. The molecule has 610 valence electrons. The Morgan fingerprint density at radius 3 is 0.496 bits per heavy atom. The maximum Gasteiger partial charge on any atom is 0.485 e. The van der Waals surface area contributed by atoms with E-state index in [4.69, 9.17) is 56.6 Å². The van der Waals surface area contributed by atoms with Gasteiger partial charge in [-0.15, -0.1) is 0 Å². The minimum absolute atomic E-state index is 0.0146.